The molecule has 0 rings (SSSR count). The first-order valence-corrected chi connectivity index (χ1v) is 8.08. The van der Waals surface area contributed by atoms with Crippen LogP contribution in [0.15, 0.2) is 0 Å². The van der Waals surface area contributed by atoms with Gasteiger partial charge in [0.05, 0.1) is 0 Å². The normalized spacial score (nSPS) is 13.9. The minimum atomic E-state index is 0.555. The second kappa shape index (κ2) is 9.97. The highest BCUT2D eigenvalue weighted by Crippen LogP contribution is 2.37. The van der Waals surface area contributed by atoms with Gasteiger partial charge < -0.3 is 0 Å². The molecule has 0 saturated carbocycles. The van der Waals surface area contributed by atoms with E-state index in [-0.39, 0.29) is 0 Å². The molecular formula is C17H36. The van der Waals surface area contributed by atoms with Crippen LogP contribution in [0.4, 0.5) is 0 Å². The highest BCUT2D eigenvalue weighted by molar-refractivity contribution is 4.77. The van der Waals surface area contributed by atoms with Crippen molar-refractivity contribution in [1.29, 1.82) is 0 Å². The molecule has 0 aromatic rings. The van der Waals surface area contributed by atoms with E-state index in [1.54, 1.807) is 0 Å². The maximum absolute atomic E-state index is 2.47. The molecule has 0 N–H and O–H groups in total. The van der Waals surface area contributed by atoms with Crippen LogP contribution < -0.4 is 0 Å². The van der Waals surface area contributed by atoms with E-state index in [0.717, 1.165) is 5.92 Å². The van der Waals surface area contributed by atoms with Gasteiger partial charge in [-0.1, -0.05) is 86.0 Å². The van der Waals surface area contributed by atoms with E-state index in [1.807, 2.05) is 0 Å². The fourth-order valence-electron chi connectivity index (χ4n) is 2.66. The monoisotopic (exact) mass is 240 g/mol. The highest BCUT2D eigenvalue weighted by Gasteiger charge is 2.26. The fourth-order valence-corrected chi connectivity index (χ4v) is 2.66. The van der Waals surface area contributed by atoms with E-state index in [1.165, 1.54) is 64.2 Å². The largest absolute Gasteiger partial charge is 0.0654 e. The third-order valence-electron chi connectivity index (χ3n) is 4.58. The second-order valence-electron chi connectivity index (χ2n) is 6.38. The molecule has 0 nitrogen and oxygen atoms in total. The van der Waals surface area contributed by atoms with Crippen molar-refractivity contribution < 1.29 is 0 Å². The van der Waals surface area contributed by atoms with E-state index < -0.39 is 0 Å². The predicted molar refractivity (Wildman–Crippen MR) is 80.5 cm³/mol. The summed E-state index contributed by atoms with van der Waals surface area (Å²) in [5.74, 6) is 0.953. The van der Waals surface area contributed by atoms with Crippen molar-refractivity contribution in [2.45, 2.75) is 98.8 Å². The SMILES string of the molecule is CCCCCCCC(CCCC)C(C)(C)CC. The van der Waals surface area contributed by atoms with Crippen molar-refractivity contribution in [3.05, 3.63) is 0 Å². The topological polar surface area (TPSA) is 0 Å². The molecule has 0 aliphatic carbocycles. The Bertz CT molecular complexity index is 157. The van der Waals surface area contributed by atoms with E-state index in [4.69, 9.17) is 0 Å². The van der Waals surface area contributed by atoms with Gasteiger partial charge in [-0.15, -0.1) is 0 Å². The average Bonchev–Trinajstić information content (AvgIpc) is 2.32. The van der Waals surface area contributed by atoms with E-state index >= 15 is 0 Å². The molecule has 0 bridgehead atoms. The number of unbranched alkanes of at least 4 members (excludes halogenated alkanes) is 5. The third-order valence-corrected chi connectivity index (χ3v) is 4.58. The zero-order valence-electron chi connectivity index (χ0n) is 13.1. The van der Waals surface area contributed by atoms with Gasteiger partial charge in [0.2, 0.25) is 0 Å². The molecule has 0 heterocycles. The van der Waals surface area contributed by atoms with Crippen LogP contribution in [-0.2, 0) is 0 Å². The fraction of sp³-hybridized carbons (Fsp3) is 1.00. The Hall–Kier alpha value is 0. The van der Waals surface area contributed by atoms with Crippen LogP contribution in [0, 0.1) is 11.3 Å². The quantitative estimate of drug-likeness (QED) is 0.357. The van der Waals surface area contributed by atoms with Gasteiger partial charge in [0.15, 0.2) is 0 Å². The average molecular weight is 240 g/mol. The lowest BCUT2D eigenvalue weighted by molar-refractivity contribution is 0.171. The Kier molecular flexibility index (Phi) is 9.97. The molecule has 0 aromatic carbocycles. The van der Waals surface area contributed by atoms with Crippen molar-refractivity contribution in [2.75, 3.05) is 0 Å². The van der Waals surface area contributed by atoms with E-state index in [9.17, 15) is 0 Å². The lowest BCUT2D eigenvalue weighted by Gasteiger charge is -2.34. The molecule has 0 aromatic heterocycles. The van der Waals surface area contributed by atoms with Gasteiger partial charge in [-0.3, -0.25) is 0 Å². The molecule has 0 aliphatic heterocycles. The number of hydrogen-bond donors (Lipinski definition) is 0. The van der Waals surface area contributed by atoms with Gasteiger partial charge in [0.25, 0.3) is 0 Å². The Morgan fingerprint density at radius 3 is 1.76 bits per heavy atom. The van der Waals surface area contributed by atoms with Gasteiger partial charge in [0, 0.05) is 0 Å². The first-order valence-electron chi connectivity index (χ1n) is 8.08. The molecule has 17 heavy (non-hydrogen) atoms. The standard InChI is InChI=1S/C17H36/c1-6-9-11-12-13-15-16(14-10-7-2)17(4,5)8-3/h16H,6-15H2,1-5H3. The van der Waals surface area contributed by atoms with Gasteiger partial charge in [0.1, 0.15) is 0 Å². The maximum Gasteiger partial charge on any atom is -0.0329 e. The molecule has 0 radical (unpaired) electrons. The van der Waals surface area contributed by atoms with E-state index in [2.05, 4.69) is 34.6 Å². The van der Waals surface area contributed by atoms with Gasteiger partial charge in [-0.2, -0.15) is 0 Å². The second-order valence-corrected chi connectivity index (χ2v) is 6.38. The summed E-state index contributed by atoms with van der Waals surface area (Å²) in [5.41, 5.74) is 0.555. The minimum Gasteiger partial charge on any atom is -0.0654 e. The lowest BCUT2D eigenvalue weighted by atomic mass is 9.72. The lowest BCUT2D eigenvalue weighted by Crippen LogP contribution is -2.23. The molecule has 0 heteroatoms. The van der Waals surface area contributed by atoms with Crippen LogP contribution in [0.1, 0.15) is 98.8 Å². The molecule has 1 atom stereocenters. The van der Waals surface area contributed by atoms with Crippen molar-refractivity contribution in [1.82, 2.24) is 0 Å². The molecule has 1 unspecified atom stereocenters. The number of hydrogen-bond acceptors (Lipinski definition) is 0. The summed E-state index contributed by atoms with van der Waals surface area (Å²) in [7, 11) is 0. The van der Waals surface area contributed by atoms with Gasteiger partial charge in [-0.25, -0.2) is 0 Å². The van der Waals surface area contributed by atoms with Crippen LogP contribution in [0.2, 0.25) is 0 Å². The molecule has 0 fully saturated rings. The maximum atomic E-state index is 2.47. The summed E-state index contributed by atoms with van der Waals surface area (Å²) >= 11 is 0. The zero-order chi connectivity index (χ0) is 13.1. The number of rotatable bonds is 11. The van der Waals surface area contributed by atoms with Crippen LogP contribution >= 0.6 is 0 Å². The summed E-state index contributed by atoms with van der Waals surface area (Å²) in [6.07, 6.45) is 14.2. The smallest absolute Gasteiger partial charge is 0.0329 e. The van der Waals surface area contributed by atoms with Crippen LogP contribution in [0.3, 0.4) is 0 Å². The molecule has 0 aliphatic rings. The predicted octanol–water partition coefficient (Wildman–Crippen LogP) is 6.59. The Morgan fingerprint density at radius 1 is 0.706 bits per heavy atom. The summed E-state index contributed by atoms with van der Waals surface area (Å²) in [4.78, 5) is 0. The third kappa shape index (κ3) is 7.84. The molecular weight excluding hydrogens is 204 g/mol. The minimum absolute atomic E-state index is 0.555. The summed E-state index contributed by atoms with van der Waals surface area (Å²) in [6, 6.07) is 0. The van der Waals surface area contributed by atoms with Gasteiger partial charge in [-0.05, 0) is 24.2 Å². The Balaban J connectivity index is 3.93. The Morgan fingerprint density at radius 2 is 1.24 bits per heavy atom. The summed E-state index contributed by atoms with van der Waals surface area (Å²) in [5, 5.41) is 0. The van der Waals surface area contributed by atoms with E-state index in [0.29, 0.717) is 5.41 Å². The molecule has 0 amide bonds. The van der Waals surface area contributed by atoms with Crippen molar-refractivity contribution in [2.24, 2.45) is 11.3 Å². The van der Waals surface area contributed by atoms with Crippen LogP contribution in [0.25, 0.3) is 0 Å². The van der Waals surface area contributed by atoms with Crippen molar-refractivity contribution in [3.63, 3.8) is 0 Å². The molecule has 104 valence electrons. The Labute approximate surface area is 111 Å². The van der Waals surface area contributed by atoms with Gasteiger partial charge >= 0.3 is 0 Å². The first-order chi connectivity index (χ1) is 8.08. The first kappa shape index (κ1) is 17.0. The van der Waals surface area contributed by atoms with Crippen LogP contribution in [0.5, 0.6) is 0 Å². The van der Waals surface area contributed by atoms with Crippen molar-refractivity contribution in [3.8, 4) is 0 Å². The highest BCUT2D eigenvalue weighted by atomic mass is 14.3. The van der Waals surface area contributed by atoms with Crippen molar-refractivity contribution >= 4 is 0 Å². The zero-order valence-corrected chi connectivity index (χ0v) is 13.1. The summed E-state index contributed by atoms with van der Waals surface area (Å²) in [6.45, 7) is 11.9. The molecule has 0 saturated heterocycles. The molecule has 0 spiro atoms. The van der Waals surface area contributed by atoms with Crippen LogP contribution in [-0.4, -0.2) is 0 Å². The summed E-state index contributed by atoms with van der Waals surface area (Å²) < 4.78 is 0.